The van der Waals surface area contributed by atoms with Crippen molar-refractivity contribution < 1.29 is 19.4 Å². The van der Waals surface area contributed by atoms with Gasteiger partial charge in [0.1, 0.15) is 0 Å². The van der Waals surface area contributed by atoms with Crippen molar-refractivity contribution in [3.63, 3.8) is 0 Å². The van der Waals surface area contributed by atoms with E-state index in [1.807, 2.05) is 13.8 Å². The molecule has 0 aliphatic carbocycles. The van der Waals surface area contributed by atoms with Crippen molar-refractivity contribution in [2.24, 2.45) is 0 Å². The molecule has 0 amide bonds. The second-order valence-electron chi connectivity index (χ2n) is 8.18. The van der Waals surface area contributed by atoms with Gasteiger partial charge in [-0.3, -0.25) is 0 Å². The minimum Gasteiger partial charge on any atom is -0.461 e. The first-order valence-electron chi connectivity index (χ1n) is 11.6. The molecule has 4 heteroatoms. The fourth-order valence-corrected chi connectivity index (χ4v) is 3.06. The normalized spacial score (nSPS) is 13.9. The van der Waals surface area contributed by atoms with Crippen LogP contribution in [0.4, 0.5) is 0 Å². The summed E-state index contributed by atoms with van der Waals surface area (Å²) >= 11 is 0. The molecule has 0 radical (unpaired) electrons. The number of rotatable bonds is 19. The molecule has 166 valence electrons. The van der Waals surface area contributed by atoms with Crippen LogP contribution in [0.2, 0.25) is 0 Å². The first-order valence-corrected chi connectivity index (χ1v) is 11.6. The Kier molecular flexibility index (Phi) is 18.8. The van der Waals surface area contributed by atoms with Gasteiger partial charge in [0, 0.05) is 0 Å². The van der Waals surface area contributed by atoms with Crippen LogP contribution in [0.5, 0.6) is 0 Å². The molecule has 4 nitrogen and oxygen atoms in total. The van der Waals surface area contributed by atoms with Gasteiger partial charge in [0.2, 0.25) is 0 Å². The van der Waals surface area contributed by atoms with Crippen molar-refractivity contribution in [3.8, 4) is 0 Å². The van der Waals surface area contributed by atoms with Crippen molar-refractivity contribution in [2.75, 3.05) is 6.61 Å². The zero-order chi connectivity index (χ0) is 21.0. The summed E-state index contributed by atoms with van der Waals surface area (Å²) in [5.41, 5.74) is 0. The standard InChI is InChI=1S/C24H46O4/c1-5-6-7-8-9-10-11-12-13-14-15-16-17-18-19-23(27-20-22(4)25)24(26)28-21(2)3/h12-13,21-23,25H,5-11,14-20H2,1-4H3/b13-12-. The van der Waals surface area contributed by atoms with Crippen molar-refractivity contribution in [1.82, 2.24) is 0 Å². The second kappa shape index (κ2) is 19.4. The number of aliphatic hydroxyl groups is 1. The van der Waals surface area contributed by atoms with Gasteiger partial charge >= 0.3 is 5.97 Å². The molecular formula is C24H46O4. The van der Waals surface area contributed by atoms with Crippen LogP contribution in [0.25, 0.3) is 0 Å². The van der Waals surface area contributed by atoms with E-state index < -0.39 is 12.2 Å². The predicted octanol–water partition coefficient (Wildman–Crippen LogP) is 6.35. The second-order valence-corrected chi connectivity index (χ2v) is 8.18. The number of allylic oxidation sites excluding steroid dienone is 2. The zero-order valence-corrected chi connectivity index (χ0v) is 19.0. The number of hydrogen-bond donors (Lipinski definition) is 1. The molecule has 2 unspecified atom stereocenters. The van der Waals surface area contributed by atoms with E-state index in [1.54, 1.807) is 6.92 Å². The maximum Gasteiger partial charge on any atom is 0.335 e. The van der Waals surface area contributed by atoms with Crippen LogP contribution in [-0.2, 0) is 14.3 Å². The van der Waals surface area contributed by atoms with E-state index in [4.69, 9.17) is 9.47 Å². The van der Waals surface area contributed by atoms with Gasteiger partial charge in [0.05, 0.1) is 18.8 Å². The van der Waals surface area contributed by atoms with Gasteiger partial charge in [-0.15, -0.1) is 0 Å². The molecular weight excluding hydrogens is 352 g/mol. The van der Waals surface area contributed by atoms with Crippen molar-refractivity contribution >= 4 is 5.97 Å². The van der Waals surface area contributed by atoms with Crippen molar-refractivity contribution in [2.45, 2.75) is 129 Å². The Labute approximate surface area is 174 Å². The van der Waals surface area contributed by atoms with Gasteiger partial charge in [-0.05, 0) is 52.9 Å². The summed E-state index contributed by atoms with van der Waals surface area (Å²) in [5.74, 6) is -0.312. The topological polar surface area (TPSA) is 55.8 Å². The summed E-state index contributed by atoms with van der Waals surface area (Å²) in [6.07, 6.45) is 18.9. The first kappa shape index (κ1) is 27.1. The summed E-state index contributed by atoms with van der Waals surface area (Å²) in [5, 5.41) is 9.38. The smallest absolute Gasteiger partial charge is 0.335 e. The molecule has 0 heterocycles. The molecule has 0 spiro atoms. The lowest BCUT2D eigenvalue weighted by atomic mass is 10.1. The highest BCUT2D eigenvalue weighted by Crippen LogP contribution is 2.13. The predicted molar refractivity (Wildman–Crippen MR) is 117 cm³/mol. The average Bonchev–Trinajstić information content (AvgIpc) is 2.63. The number of aliphatic hydroxyl groups excluding tert-OH is 1. The van der Waals surface area contributed by atoms with Crippen LogP contribution in [0.1, 0.15) is 111 Å². The van der Waals surface area contributed by atoms with Crippen LogP contribution in [0.3, 0.4) is 0 Å². The summed E-state index contributed by atoms with van der Waals surface area (Å²) < 4.78 is 10.8. The van der Waals surface area contributed by atoms with E-state index >= 15 is 0 Å². The monoisotopic (exact) mass is 398 g/mol. The Morgan fingerprint density at radius 2 is 1.39 bits per heavy atom. The number of hydrogen-bond acceptors (Lipinski definition) is 4. The molecule has 28 heavy (non-hydrogen) atoms. The third-order valence-electron chi connectivity index (χ3n) is 4.63. The van der Waals surface area contributed by atoms with Crippen LogP contribution in [0.15, 0.2) is 12.2 Å². The number of esters is 1. The number of unbranched alkanes of at least 4 members (excludes halogenated alkanes) is 10. The van der Waals surface area contributed by atoms with E-state index in [0.29, 0.717) is 6.42 Å². The largest absolute Gasteiger partial charge is 0.461 e. The third kappa shape index (κ3) is 18.5. The van der Waals surface area contributed by atoms with Gasteiger partial charge < -0.3 is 14.6 Å². The summed E-state index contributed by atoms with van der Waals surface area (Å²) in [6.45, 7) is 7.76. The lowest BCUT2D eigenvalue weighted by Crippen LogP contribution is -2.31. The van der Waals surface area contributed by atoms with Gasteiger partial charge in [0.15, 0.2) is 6.10 Å². The Morgan fingerprint density at radius 1 is 0.857 bits per heavy atom. The number of carbonyl (C=O) groups is 1. The maximum atomic E-state index is 12.1. The lowest BCUT2D eigenvalue weighted by molar-refractivity contribution is -0.163. The van der Waals surface area contributed by atoms with Gasteiger partial charge in [-0.2, -0.15) is 0 Å². The summed E-state index contributed by atoms with van der Waals surface area (Å²) in [4.78, 5) is 12.1. The fourth-order valence-electron chi connectivity index (χ4n) is 3.06. The minimum atomic E-state index is -0.572. The fraction of sp³-hybridized carbons (Fsp3) is 0.875. The Morgan fingerprint density at radius 3 is 1.93 bits per heavy atom. The van der Waals surface area contributed by atoms with Gasteiger partial charge in [0.25, 0.3) is 0 Å². The molecule has 0 aliphatic heterocycles. The molecule has 0 saturated heterocycles. The van der Waals surface area contributed by atoms with Crippen LogP contribution < -0.4 is 0 Å². The maximum absolute atomic E-state index is 12.1. The average molecular weight is 399 g/mol. The minimum absolute atomic E-state index is 0.145. The van der Waals surface area contributed by atoms with Crippen LogP contribution >= 0.6 is 0 Å². The number of ether oxygens (including phenoxy) is 2. The van der Waals surface area contributed by atoms with E-state index in [2.05, 4.69) is 19.1 Å². The SMILES string of the molecule is CCCCCCCC/C=C\CCCCCCC(OCC(C)O)C(=O)OC(C)C. The molecule has 0 fully saturated rings. The quantitative estimate of drug-likeness (QED) is 0.156. The molecule has 0 aliphatic rings. The van der Waals surface area contributed by atoms with Crippen molar-refractivity contribution in [1.29, 1.82) is 0 Å². The lowest BCUT2D eigenvalue weighted by Gasteiger charge is -2.19. The molecule has 0 bridgehead atoms. The molecule has 1 N–H and O–H groups in total. The Hall–Kier alpha value is -0.870. The third-order valence-corrected chi connectivity index (χ3v) is 4.63. The number of carbonyl (C=O) groups excluding carboxylic acids is 1. The first-order chi connectivity index (χ1) is 13.5. The summed E-state index contributed by atoms with van der Waals surface area (Å²) in [6, 6.07) is 0. The summed E-state index contributed by atoms with van der Waals surface area (Å²) in [7, 11) is 0. The highest BCUT2D eigenvalue weighted by molar-refractivity contribution is 5.74. The molecule has 0 aromatic heterocycles. The van der Waals surface area contributed by atoms with Crippen molar-refractivity contribution in [3.05, 3.63) is 12.2 Å². The highest BCUT2D eigenvalue weighted by Gasteiger charge is 2.22. The highest BCUT2D eigenvalue weighted by atomic mass is 16.6. The zero-order valence-electron chi connectivity index (χ0n) is 19.0. The van der Waals surface area contributed by atoms with E-state index in [-0.39, 0.29) is 18.7 Å². The van der Waals surface area contributed by atoms with Gasteiger partial charge in [-0.1, -0.05) is 70.4 Å². The van der Waals surface area contributed by atoms with E-state index in [0.717, 1.165) is 19.3 Å². The van der Waals surface area contributed by atoms with E-state index in [1.165, 1.54) is 57.8 Å². The Balaban J connectivity index is 3.72. The van der Waals surface area contributed by atoms with Crippen LogP contribution in [0, 0.1) is 0 Å². The van der Waals surface area contributed by atoms with E-state index in [9.17, 15) is 9.90 Å². The molecule has 0 saturated carbocycles. The van der Waals surface area contributed by atoms with Crippen LogP contribution in [-0.4, -0.2) is 36.0 Å². The van der Waals surface area contributed by atoms with Gasteiger partial charge in [-0.25, -0.2) is 4.79 Å². The Bertz CT molecular complexity index is 377. The molecule has 0 aromatic rings. The molecule has 0 aromatic carbocycles. The molecule has 2 atom stereocenters. The molecule has 0 rings (SSSR count).